The molecule has 1 N–H and O–H groups in total. The van der Waals surface area contributed by atoms with Crippen LogP contribution in [0.15, 0.2) is 18.2 Å². The van der Waals surface area contributed by atoms with Gasteiger partial charge < -0.3 is 14.8 Å². The molecule has 0 heterocycles. The average Bonchev–Trinajstić information content (AvgIpc) is 2.53. The molecule has 130 valence electrons. The van der Waals surface area contributed by atoms with Crippen LogP contribution in [0.5, 0.6) is 5.75 Å². The van der Waals surface area contributed by atoms with E-state index in [0.717, 1.165) is 5.56 Å². The van der Waals surface area contributed by atoms with Crippen molar-refractivity contribution in [3.8, 4) is 11.8 Å². The van der Waals surface area contributed by atoms with Crippen LogP contribution in [0.1, 0.15) is 31.9 Å². The first-order valence-corrected chi connectivity index (χ1v) is 7.73. The number of nitriles is 1. The smallest absolute Gasteiger partial charge is 0.310 e. The summed E-state index contributed by atoms with van der Waals surface area (Å²) < 4.78 is 10.2. The van der Waals surface area contributed by atoms with Gasteiger partial charge in [0.2, 0.25) is 0 Å². The Bertz CT molecular complexity index is 649. The molecule has 0 fully saturated rings. The summed E-state index contributed by atoms with van der Waals surface area (Å²) in [6.07, 6.45) is 0.0117. The van der Waals surface area contributed by atoms with Crippen LogP contribution in [-0.2, 0) is 20.7 Å². The zero-order valence-electron chi connectivity index (χ0n) is 14.8. The third-order valence-electron chi connectivity index (χ3n) is 3.92. The van der Waals surface area contributed by atoms with Gasteiger partial charge in [-0.05, 0) is 25.8 Å². The molecule has 0 saturated heterocycles. The van der Waals surface area contributed by atoms with Crippen LogP contribution in [0.2, 0.25) is 0 Å². The Kier molecular flexibility index (Phi) is 6.78. The van der Waals surface area contributed by atoms with Crippen molar-refractivity contribution in [2.75, 3.05) is 13.7 Å². The minimum atomic E-state index is -0.997. The number of nitrogens with zero attached hydrogens (tertiary/aromatic N) is 1. The molecule has 0 aliphatic carbocycles. The molecular formula is C18H24N2O4. The number of nitrogens with one attached hydrogen (secondary N) is 1. The Balaban J connectivity index is 2.60. The lowest BCUT2D eigenvalue weighted by atomic mass is 9.90. The van der Waals surface area contributed by atoms with E-state index in [1.54, 1.807) is 13.0 Å². The summed E-state index contributed by atoms with van der Waals surface area (Å²) in [5.74, 6) is -0.507. The van der Waals surface area contributed by atoms with E-state index in [1.807, 2.05) is 32.9 Å². The third kappa shape index (κ3) is 5.27. The molecule has 0 aliphatic heterocycles. The Morgan fingerprint density at radius 2 is 2.04 bits per heavy atom. The first-order chi connectivity index (χ1) is 11.2. The van der Waals surface area contributed by atoms with Gasteiger partial charge in [-0.3, -0.25) is 9.59 Å². The van der Waals surface area contributed by atoms with Crippen molar-refractivity contribution in [3.05, 3.63) is 29.3 Å². The quantitative estimate of drug-likeness (QED) is 0.773. The van der Waals surface area contributed by atoms with E-state index >= 15 is 0 Å². The fourth-order valence-electron chi connectivity index (χ4n) is 2.03. The van der Waals surface area contributed by atoms with Gasteiger partial charge in [0.05, 0.1) is 19.6 Å². The molecule has 6 nitrogen and oxygen atoms in total. The normalized spacial score (nSPS) is 12.9. The molecule has 1 rings (SSSR count). The summed E-state index contributed by atoms with van der Waals surface area (Å²) in [5, 5.41) is 11.8. The zero-order valence-corrected chi connectivity index (χ0v) is 14.8. The minimum absolute atomic E-state index is 0.0117. The number of ether oxygens (including phenoxy) is 2. The molecule has 0 aliphatic rings. The summed E-state index contributed by atoms with van der Waals surface area (Å²) in [7, 11) is 1.53. The van der Waals surface area contributed by atoms with Gasteiger partial charge in [0.1, 0.15) is 11.3 Å². The number of carbonyl (C=O) groups is 2. The average molecular weight is 332 g/mol. The standard InChI is InChI=1S/C18H24N2O4/c1-12(2)18(4,11-19)20-16(21)10-24-17(22)9-14-8-13(3)6-7-15(14)23-5/h6-8,12H,9-10H2,1-5H3,(H,20,21)/t18-/m1/s1. The largest absolute Gasteiger partial charge is 0.496 e. The lowest BCUT2D eigenvalue weighted by Gasteiger charge is -2.27. The maximum atomic E-state index is 11.9. The number of hydrogen-bond donors (Lipinski definition) is 1. The Morgan fingerprint density at radius 1 is 1.38 bits per heavy atom. The van der Waals surface area contributed by atoms with Gasteiger partial charge in [-0.2, -0.15) is 5.26 Å². The maximum Gasteiger partial charge on any atom is 0.310 e. The van der Waals surface area contributed by atoms with Crippen LogP contribution in [0, 0.1) is 24.2 Å². The summed E-state index contributed by atoms with van der Waals surface area (Å²) in [6, 6.07) is 7.58. The molecule has 1 atom stereocenters. The Hall–Kier alpha value is -2.55. The van der Waals surface area contributed by atoms with Gasteiger partial charge >= 0.3 is 5.97 Å². The van der Waals surface area contributed by atoms with Crippen LogP contribution < -0.4 is 10.1 Å². The number of amides is 1. The SMILES string of the molecule is COc1ccc(C)cc1CC(=O)OCC(=O)N[C@](C)(C#N)C(C)C. The first-order valence-electron chi connectivity index (χ1n) is 7.73. The minimum Gasteiger partial charge on any atom is -0.496 e. The van der Waals surface area contributed by atoms with Crippen molar-refractivity contribution < 1.29 is 19.1 Å². The second-order valence-corrected chi connectivity index (χ2v) is 6.17. The molecule has 0 aromatic heterocycles. The Morgan fingerprint density at radius 3 is 2.58 bits per heavy atom. The van der Waals surface area contributed by atoms with Crippen LogP contribution >= 0.6 is 0 Å². The van der Waals surface area contributed by atoms with Gasteiger partial charge in [-0.25, -0.2) is 0 Å². The van der Waals surface area contributed by atoms with E-state index in [2.05, 4.69) is 11.4 Å². The van der Waals surface area contributed by atoms with Crippen molar-refractivity contribution in [2.24, 2.45) is 5.92 Å². The zero-order chi connectivity index (χ0) is 18.3. The topological polar surface area (TPSA) is 88.4 Å². The van der Waals surface area contributed by atoms with Crippen molar-refractivity contribution in [1.82, 2.24) is 5.32 Å². The highest BCUT2D eigenvalue weighted by atomic mass is 16.5. The number of aryl methyl sites for hydroxylation is 1. The lowest BCUT2D eigenvalue weighted by molar-refractivity contribution is -0.148. The van der Waals surface area contributed by atoms with Gasteiger partial charge in [0.15, 0.2) is 6.61 Å². The summed E-state index contributed by atoms with van der Waals surface area (Å²) >= 11 is 0. The van der Waals surface area contributed by atoms with Gasteiger partial charge in [-0.1, -0.05) is 31.5 Å². The molecule has 0 saturated carbocycles. The van der Waals surface area contributed by atoms with Crippen molar-refractivity contribution in [3.63, 3.8) is 0 Å². The van der Waals surface area contributed by atoms with Crippen LogP contribution in [-0.4, -0.2) is 31.1 Å². The fraction of sp³-hybridized carbons (Fsp3) is 0.500. The van der Waals surface area contributed by atoms with E-state index in [0.29, 0.717) is 11.3 Å². The summed E-state index contributed by atoms with van der Waals surface area (Å²) in [4.78, 5) is 23.8. The van der Waals surface area contributed by atoms with E-state index < -0.39 is 24.0 Å². The van der Waals surface area contributed by atoms with Crippen molar-refractivity contribution in [2.45, 2.75) is 39.7 Å². The molecule has 6 heteroatoms. The lowest BCUT2D eigenvalue weighted by Crippen LogP contribution is -2.50. The molecule has 1 aromatic rings. The molecule has 1 aromatic carbocycles. The van der Waals surface area contributed by atoms with Crippen molar-refractivity contribution >= 4 is 11.9 Å². The monoisotopic (exact) mass is 332 g/mol. The molecule has 0 unspecified atom stereocenters. The summed E-state index contributed by atoms with van der Waals surface area (Å²) in [5.41, 5.74) is 0.702. The third-order valence-corrected chi connectivity index (χ3v) is 3.92. The van der Waals surface area contributed by atoms with Gasteiger partial charge in [-0.15, -0.1) is 0 Å². The highest BCUT2D eigenvalue weighted by molar-refractivity contribution is 5.82. The van der Waals surface area contributed by atoms with E-state index in [-0.39, 0.29) is 12.3 Å². The van der Waals surface area contributed by atoms with E-state index in [4.69, 9.17) is 9.47 Å². The number of methoxy groups -OCH3 is 1. The number of carbonyl (C=O) groups excluding carboxylic acids is 2. The summed E-state index contributed by atoms with van der Waals surface area (Å²) in [6.45, 7) is 6.79. The van der Waals surface area contributed by atoms with Gasteiger partial charge in [0, 0.05) is 5.56 Å². The van der Waals surface area contributed by atoms with Crippen molar-refractivity contribution in [1.29, 1.82) is 5.26 Å². The number of rotatable bonds is 7. The molecule has 0 spiro atoms. The fourth-order valence-corrected chi connectivity index (χ4v) is 2.03. The predicted molar refractivity (Wildman–Crippen MR) is 89.4 cm³/mol. The molecule has 24 heavy (non-hydrogen) atoms. The number of esters is 1. The molecular weight excluding hydrogens is 308 g/mol. The predicted octanol–water partition coefficient (Wildman–Crippen LogP) is 2.14. The van der Waals surface area contributed by atoms with Crippen LogP contribution in [0.4, 0.5) is 0 Å². The number of hydrogen-bond acceptors (Lipinski definition) is 5. The van der Waals surface area contributed by atoms with Gasteiger partial charge in [0.25, 0.3) is 5.91 Å². The Labute approximate surface area is 142 Å². The van der Waals surface area contributed by atoms with Crippen LogP contribution in [0.25, 0.3) is 0 Å². The molecule has 1 amide bonds. The second-order valence-electron chi connectivity index (χ2n) is 6.17. The first kappa shape index (κ1) is 19.5. The molecule has 0 radical (unpaired) electrons. The highest BCUT2D eigenvalue weighted by Gasteiger charge is 2.30. The van der Waals surface area contributed by atoms with E-state index in [9.17, 15) is 14.9 Å². The number of benzene rings is 1. The van der Waals surface area contributed by atoms with Crippen LogP contribution in [0.3, 0.4) is 0 Å². The van der Waals surface area contributed by atoms with E-state index in [1.165, 1.54) is 7.11 Å². The maximum absolute atomic E-state index is 11.9. The highest BCUT2D eigenvalue weighted by Crippen LogP contribution is 2.20. The second kappa shape index (κ2) is 8.34. The molecule has 0 bridgehead atoms.